The first-order valence-corrected chi connectivity index (χ1v) is 53.8. The number of fused-ring (bicyclic) bond motifs is 9. The van der Waals surface area contributed by atoms with Gasteiger partial charge in [0.25, 0.3) is 27.7 Å². The van der Waals surface area contributed by atoms with Crippen molar-refractivity contribution in [1.82, 2.24) is 89.2 Å². The third kappa shape index (κ3) is 21.6. The van der Waals surface area contributed by atoms with Crippen molar-refractivity contribution >= 4 is 187 Å². The summed E-state index contributed by atoms with van der Waals surface area (Å²) < 4.78 is 139. The Morgan fingerprint density at radius 3 is 1.46 bits per heavy atom. The van der Waals surface area contributed by atoms with Gasteiger partial charge in [0.15, 0.2) is 93.5 Å². The second-order valence-corrected chi connectivity index (χ2v) is 44.4. The van der Waals surface area contributed by atoms with Crippen LogP contribution in [0.15, 0.2) is 168 Å². The van der Waals surface area contributed by atoms with Gasteiger partial charge in [-0.2, -0.15) is 9.97 Å². The summed E-state index contributed by atoms with van der Waals surface area (Å²) in [6.07, 6.45) is -8.40. The molecule has 8 saturated heterocycles. The minimum Gasteiger partial charge on any atom is -0.367 e. The van der Waals surface area contributed by atoms with Crippen molar-refractivity contribution in [3.05, 3.63) is 218 Å². The molecule has 18 heterocycles. The number of imidazole rings is 4. The minimum atomic E-state index is -4.45. The average Bonchev–Trinajstić information content (AvgIpc) is 1.56. The van der Waals surface area contributed by atoms with Crippen LogP contribution in [0.5, 0.6) is 0 Å². The number of halogens is 2. The summed E-state index contributed by atoms with van der Waals surface area (Å²) >= 11 is 17.2. The molecule has 0 spiro atoms. The molecule has 746 valence electrons. The van der Waals surface area contributed by atoms with Crippen LogP contribution in [0.2, 0.25) is 0 Å². The second-order valence-electron chi connectivity index (χ2n) is 32.6. The lowest BCUT2D eigenvalue weighted by molar-refractivity contribution is -0.183. The zero-order valence-corrected chi connectivity index (χ0v) is 82.1. The smallest absolute Gasteiger partial charge is 0.330 e. The number of alkyl halides is 2. The first kappa shape index (κ1) is 103. The number of carbonyl (C=O) groups excluding carboxylic acids is 4. The lowest BCUT2D eigenvalue weighted by atomic mass is 10.0. The summed E-state index contributed by atoms with van der Waals surface area (Å²) in [5.74, 6) is -2.75. The summed E-state index contributed by atoms with van der Waals surface area (Å²) in [5, 5.41) is 11.4. The van der Waals surface area contributed by atoms with Crippen LogP contribution >= 0.6 is 49.4 Å². The molecule has 8 aliphatic heterocycles. The van der Waals surface area contributed by atoms with Gasteiger partial charge in [0, 0.05) is 40.1 Å². The van der Waals surface area contributed by atoms with Crippen molar-refractivity contribution in [3.8, 4) is 0 Å². The molecule has 60 heteroatoms. The largest absolute Gasteiger partial charge is 0.367 e. The fourth-order valence-electron chi connectivity index (χ4n) is 15.8. The third-order valence-electron chi connectivity index (χ3n) is 22.6. The van der Waals surface area contributed by atoms with Crippen molar-refractivity contribution in [2.45, 2.75) is 125 Å². The van der Waals surface area contributed by atoms with Crippen molar-refractivity contribution in [1.29, 1.82) is 0 Å². The Balaban J connectivity index is 0.000000167. The topological polar surface area (TPSA) is 593 Å². The molecule has 8 bridgehead atoms. The number of hydrogen-bond donors (Lipinski definition) is 9. The van der Waals surface area contributed by atoms with E-state index in [0.717, 1.165) is 16.4 Å². The molecule has 21 rings (SSSR count). The maximum absolute atomic E-state index is 16.7. The van der Waals surface area contributed by atoms with Gasteiger partial charge in [-0.3, -0.25) is 91.0 Å². The lowest BCUT2D eigenvalue weighted by Gasteiger charge is -2.34. The number of pyridine rings is 1. The van der Waals surface area contributed by atoms with Gasteiger partial charge in [0.2, 0.25) is 36.8 Å². The van der Waals surface area contributed by atoms with E-state index in [1.165, 1.54) is 55.7 Å². The highest BCUT2D eigenvalue weighted by atomic mass is 32.9. The van der Waals surface area contributed by atoms with Crippen molar-refractivity contribution in [2.75, 3.05) is 87.2 Å². The number of nitrogens with one attached hydrogen (secondary N) is 6. The molecule has 142 heavy (non-hydrogen) atoms. The highest BCUT2D eigenvalue weighted by molar-refractivity contribution is 8.08. The molecule has 0 aliphatic carbocycles. The highest BCUT2D eigenvalue weighted by Gasteiger charge is 2.68. The Labute approximate surface area is 824 Å². The Morgan fingerprint density at radius 2 is 1.00 bits per heavy atom. The maximum Gasteiger partial charge on any atom is 0.330 e. The van der Waals surface area contributed by atoms with E-state index in [1.54, 1.807) is 116 Å². The van der Waals surface area contributed by atoms with E-state index in [2.05, 4.69) is 95.7 Å². The van der Waals surface area contributed by atoms with Crippen molar-refractivity contribution in [3.63, 3.8) is 0 Å². The Hall–Kier alpha value is -10.9. The molecule has 20 atom stereocenters. The van der Waals surface area contributed by atoms with Crippen LogP contribution in [-0.2, 0) is 119 Å². The molecule has 0 saturated carbocycles. The van der Waals surface area contributed by atoms with Gasteiger partial charge in [-0.25, -0.2) is 61.8 Å². The van der Waals surface area contributed by atoms with Crippen LogP contribution in [0.4, 0.5) is 32.3 Å². The number of amides is 4. The fourth-order valence-corrected chi connectivity index (χ4v) is 24.3. The fraction of sp³-hybridized carbons (Fsp3) is 0.390. The van der Waals surface area contributed by atoms with E-state index in [0.29, 0.717) is 11.1 Å². The third-order valence-corrected chi connectivity index (χ3v) is 31.9. The molecule has 10 aromatic heterocycles. The molecular formula is C82H84F2N24O25P4S5. The molecule has 13 aromatic rings. The van der Waals surface area contributed by atoms with Crippen molar-refractivity contribution in [2.24, 2.45) is 11.8 Å². The number of benzene rings is 3. The number of aromatic nitrogens is 17. The molecule has 4 unspecified atom stereocenters. The molecule has 11 N–H and O–H groups in total. The first-order valence-electron chi connectivity index (χ1n) is 42.8. The average molecular weight is 2130 g/mol. The predicted octanol–water partition coefficient (Wildman–Crippen LogP) is 9.37. The van der Waals surface area contributed by atoms with Gasteiger partial charge in [0.1, 0.15) is 85.9 Å². The van der Waals surface area contributed by atoms with Gasteiger partial charge in [0.05, 0.1) is 70.3 Å². The number of ether oxygens (including phenoxy) is 6. The number of anilines is 4. The molecule has 8 fully saturated rings. The number of aromatic amines is 2. The quantitative estimate of drug-likeness (QED) is 0.0167. The summed E-state index contributed by atoms with van der Waals surface area (Å²) in [6, 6.07) is 30.5. The van der Waals surface area contributed by atoms with Crippen LogP contribution in [0, 0.1) is 25.0 Å². The van der Waals surface area contributed by atoms with E-state index in [4.69, 9.17) is 122 Å². The summed E-state index contributed by atoms with van der Waals surface area (Å²) in [5.41, 5.74) is -3.33. The van der Waals surface area contributed by atoms with Crippen molar-refractivity contribution < 1.29 is 111 Å². The van der Waals surface area contributed by atoms with E-state index < -0.39 is 199 Å². The Morgan fingerprint density at radius 1 is 0.556 bits per heavy atom. The monoisotopic (exact) mass is 2130 g/mol. The standard InChI is InChI=1S/C35H36FN11O12P2S2.C35H36FN11O12P2S.C7H4OS2.C5H5N.H3N/c1-17(2)29(48)44-34-43-28-22(31(50)45-34)41-16-47(28)32-23-20(36)19(56-32)11-54-61(63,53-10-9-37-3)59-25-24-33(57-35(25,12-52-24)13-55-60(51,62)58-23)46-15-40-21-26(38-14-39-27(21)46)42-30(49)18-7-5-4-6-8-18;1-17(2)29(48)44-34-43-28-22(31(50)45-34)41-16-47(28)32-23-20(36)19(56-32)11-55-61(62,54-10-9-37-3)59-25-24-33(57-35(25,12-52-24)13-53-60(51)58-23)46-15-40-21-26(38-14-39-27(21)46)42-30(49)18-7-5-4-6-8-18;8-7-5-3-1-2-4-6(5)9-10-7;1-2-4-6-5-3-1;/h4-8,14-17,19-20,23-25,32-33H,9-13H2,1-2H3,(H,51,62)(H,38,39,42,49)(H2,43,44,45,48,50);4-8,14-17,19-20,23-25,32-33,51H,9-13H2,1-2H3,(H,38,39,42,49)(H2,43,44,45,48,50);1-4H;1-5H;1H3/t2*19-,20+,23-,24-,25+,32-,33-,35-,60?,61?;;;/m11.../s1. The SMILES string of the molecule is N.O=c1ssc2ccccc12.[C-]#[N+]CCOP1(=S)OC[C@H]2O[C@@H](n3cnc4c(=O)[nH]c(NC(=O)C(C)C)nc43)[C@H](OP(O)(=S)OC[C@@]34CO[C@@H]([C@H](n5cnc6c(NC(=O)c7ccccc7)ncnc65)O3)[C@@H]4O1)[C@H]2F.[C-]#[N+]CCOP1(=S)OC[C@H]2O[C@@H](n3cnc4c(=O)[nH]c(NC(=O)C(C)C)nc43)[C@H](OP(O)OC[C@@]34CO[C@@H]([C@H](n5cnc6c(NC(=O)c7ccccc7)ncnc65)O3)[C@@H]4O1)[C@H]2F.c1ccncc1. The molecule has 4 amide bonds. The van der Waals surface area contributed by atoms with E-state index in [-0.39, 0.29) is 119 Å². The minimum absolute atomic E-state index is 0. The summed E-state index contributed by atoms with van der Waals surface area (Å²) in [7, 11) is -0.0591. The van der Waals surface area contributed by atoms with Crippen LogP contribution in [0.1, 0.15) is 73.3 Å². The zero-order valence-electron chi connectivity index (χ0n) is 74.4. The summed E-state index contributed by atoms with van der Waals surface area (Å²) in [4.78, 5) is 169. The normalized spacial score (nSPS) is 28.7. The lowest BCUT2D eigenvalue weighted by Crippen LogP contribution is -2.46. The van der Waals surface area contributed by atoms with Gasteiger partial charge in [-0.05, 0) is 94.3 Å². The van der Waals surface area contributed by atoms with Crippen LogP contribution in [0.25, 0.3) is 64.4 Å². The van der Waals surface area contributed by atoms with Gasteiger partial charge >= 0.3 is 28.8 Å². The molecule has 3 aromatic carbocycles. The Bertz CT molecular complexity index is 7260. The van der Waals surface area contributed by atoms with Crippen LogP contribution in [0.3, 0.4) is 0 Å². The second kappa shape index (κ2) is 43.5. The van der Waals surface area contributed by atoms with Crippen LogP contribution < -0.4 is 43.3 Å². The van der Waals surface area contributed by atoms with E-state index >= 15 is 8.78 Å². The van der Waals surface area contributed by atoms with Gasteiger partial charge in [-0.15, -0.1) is 0 Å². The van der Waals surface area contributed by atoms with Gasteiger partial charge in [-0.1, -0.05) is 92.6 Å². The van der Waals surface area contributed by atoms with Crippen LogP contribution in [-0.4, -0.2) is 255 Å². The predicted molar refractivity (Wildman–Crippen MR) is 513 cm³/mol. The zero-order chi connectivity index (χ0) is 98.8. The molecular weight excluding hydrogens is 2040 g/mol. The number of H-pyrrole nitrogens is 2. The highest BCUT2D eigenvalue weighted by Crippen LogP contribution is 2.63. The molecule has 8 aliphatic rings. The van der Waals surface area contributed by atoms with Gasteiger partial charge < -0.3 is 96.3 Å². The molecule has 0 radical (unpaired) electrons. The van der Waals surface area contributed by atoms with E-state index in [1.807, 2.05) is 42.5 Å². The van der Waals surface area contributed by atoms with E-state index in [9.17, 15) is 43.3 Å². The first-order chi connectivity index (χ1) is 67.9. The maximum atomic E-state index is 16.7. The summed E-state index contributed by atoms with van der Waals surface area (Å²) in [6.45, 7) is 5.66. The molecule has 49 nitrogen and oxygen atoms in total. The number of hydrogen-bond acceptors (Lipinski definition) is 41. The Kier molecular flexibility index (Phi) is 31.4. The number of rotatable bonds is 18. The number of carbonyl (C=O) groups is 4. The number of nitrogens with zero attached hydrogens (tertiary/aromatic N) is 17.